The summed E-state index contributed by atoms with van der Waals surface area (Å²) in [6, 6.07) is 6.95. The number of aliphatic imine (C=N–C) groups is 1. The first-order valence-electron chi connectivity index (χ1n) is 7.03. The Labute approximate surface area is 148 Å². The summed E-state index contributed by atoms with van der Waals surface area (Å²) in [7, 11) is 1.72. The molecule has 0 radical (unpaired) electrons. The van der Waals surface area contributed by atoms with E-state index in [1.54, 1.807) is 25.2 Å². The number of benzene rings is 1. The van der Waals surface area contributed by atoms with E-state index in [1.807, 2.05) is 0 Å². The zero-order valence-electron chi connectivity index (χ0n) is 13.1. The topological polar surface area (TPSA) is 91.6 Å². The largest absolute Gasteiger partial charge is 0.378 e. The van der Waals surface area contributed by atoms with Gasteiger partial charge in [0.05, 0.1) is 4.92 Å². The predicted molar refractivity (Wildman–Crippen MR) is 101 cm³/mol. The van der Waals surface area contributed by atoms with Crippen molar-refractivity contribution >= 4 is 41.3 Å². The van der Waals surface area contributed by atoms with Gasteiger partial charge >= 0.3 is 0 Å². The summed E-state index contributed by atoms with van der Waals surface area (Å²) in [6.45, 7) is 5.35. The predicted octanol–water partition coefficient (Wildman–Crippen LogP) is 2.59. The van der Waals surface area contributed by atoms with Crippen LogP contribution in [-0.2, 0) is 0 Å². The monoisotopic (exact) mass is 421 g/mol. The maximum atomic E-state index is 10.9. The molecule has 0 spiro atoms. The van der Waals surface area contributed by atoms with Crippen molar-refractivity contribution in [3.8, 4) is 0 Å². The first kappa shape index (κ1) is 20.4. The van der Waals surface area contributed by atoms with Crippen molar-refractivity contribution in [2.75, 3.05) is 25.5 Å². The third-order valence-corrected chi connectivity index (χ3v) is 3.05. The van der Waals surface area contributed by atoms with Gasteiger partial charge in [-0.05, 0) is 19.4 Å². The second kappa shape index (κ2) is 11.0. The summed E-state index contributed by atoms with van der Waals surface area (Å²) in [4.78, 5) is 14.6. The fourth-order valence-corrected chi connectivity index (χ4v) is 1.69. The van der Waals surface area contributed by atoms with Crippen LogP contribution in [0.1, 0.15) is 20.3 Å². The average Bonchev–Trinajstić information content (AvgIpc) is 2.50. The summed E-state index contributed by atoms with van der Waals surface area (Å²) in [5, 5.41) is 20.3. The van der Waals surface area contributed by atoms with Crippen LogP contribution in [0, 0.1) is 10.1 Å². The van der Waals surface area contributed by atoms with E-state index < -0.39 is 0 Å². The molecule has 3 N–H and O–H groups in total. The maximum absolute atomic E-state index is 10.9. The Morgan fingerprint density at radius 2 is 2.05 bits per heavy atom. The van der Waals surface area contributed by atoms with Gasteiger partial charge in [-0.2, -0.15) is 0 Å². The number of nitro groups is 1. The van der Waals surface area contributed by atoms with E-state index in [-0.39, 0.29) is 34.6 Å². The van der Waals surface area contributed by atoms with Crippen LogP contribution >= 0.6 is 24.0 Å². The smallest absolute Gasteiger partial charge is 0.292 e. The van der Waals surface area contributed by atoms with Crippen LogP contribution in [0.2, 0.25) is 0 Å². The van der Waals surface area contributed by atoms with Crippen molar-refractivity contribution < 1.29 is 4.92 Å². The third-order valence-electron chi connectivity index (χ3n) is 3.05. The van der Waals surface area contributed by atoms with Crippen LogP contribution in [0.25, 0.3) is 0 Å². The fraction of sp³-hybridized carbons (Fsp3) is 0.500. The van der Waals surface area contributed by atoms with Gasteiger partial charge in [0.25, 0.3) is 5.69 Å². The molecule has 0 aromatic heterocycles. The second-order valence-electron chi connectivity index (χ2n) is 4.65. The maximum Gasteiger partial charge on any atom is 0.292 e. The van der Waals surface area contributed by atoms with Crippen molar-refractivity contribution in [1.82, 2.24) is 10.6 Å². The van der Waals surface area contributed by atoms with Gasteiger partial charge in [-0.15, -0.1) is 24.0 Å². The highest BCUT2D eigenvalue weighted by molar-refractivity contribution is 14.0. The Morgan fingerprint density at radius 3 is 2.64 bits per heavy atom. The first-order valence-corrected chi connectivity index (χ1v) is 7.03. The van der Waals surface area contributed by atoms with Crippen LogP contribution < -0.4 is 16.0 Å². The number of nitro benzene ring substituents is 1. The average molecular weight is 421 g/mol. The van der Waals surface area contributed by atoms with Gasteiger partial charge in [0.1, 0.15) is 5.69 Å². The van der Waals surface area contributed by atoms with Crippen molar-refractivity contribution in [2.24, 2.45) is 4.99 Å². The van der Waals surface area contributed by atoms with Crippen LogP contribution in [0.4, 0.5) is 11.4 Å². The zero-order valence-corrected chi connectivity index (χ0v) is 15.5. The second-order valence-corrected chi connectivity index (χ2v) is 4.65. The van der Waals surface area contributed by atoms with Crippen molar-refractivity contribution in [1.29, 1.82) is 0 Å². The molecule has 1 aromatic carbocycles. The minimum atomic E-state index is -0.390. The fourth-order valence-electron chi connectivity index (χ4n) is 1.69. The number of hydrogen-bond acceptors (Lipinski definition) is 4. The summed E-state index contributed by atoms with van der Waals surface area (Å²) >= 11 is 0. The molecule has 0 aliphatic heterocycles. The van der Waals surface area contributed by atoms with Gasteiger partial charge in [0, 0.05) is 32.2 Å². The Kier molecular flexibility index (Phi) is 10.3. The summed E-state index contributed by atoms with van der Waals surface area (Å²) in [5.74, 6) is 0.730. The Morgan fingerprint density at radius 1 is 1.36 bits per heavy atom. The van der Waals surface area contributed by atoms with E-state index >= 15 is 0 Å². The van der Waals surface area contributed by atoms with Crippen LogP contribution in [-0.4, -0.2) is 37.1 Å². The van der Waals surface area contributed by atoms with E-state index in [9.17, 15) is 10.1 Å². The van der Waals surface area contributed by atoms with Gasteiger partial charge < -0.3 is 16.0 Å². The van der Waals surface area contributed by atoms with Crippen LogP contribution in [0.15, 0.2) is 29.3 Å². The number of rotatable bonds is 7. The zero-order chi connectivity index (χ0) is 15.7. The molecule has 1 atom stereocenters. The number of guanidine groups is 1. The lowest BCUT2D eigenvalue weighted by Crippen LogP contribution is -2.43. The van der Waals surface area contributed by atoms with Gasteiger partial charge in [0.2, 0.25) is 0 Å². The molecule has 1 aromatic rings. The SMILES string of the molecule is CCC(C)NC(=NC)NCCNc1ccccc1[N+](=O)[O-].I. The van der Waals surface area contributed by atoms with E-state index in [0.29, 0.717) is 24.8 Å². The molecule has 0 saturated heterocycles. The third kappa shape index (κ3) is 6.92. The number of nitrogens with zero attached hydrogens (tertiary/aromatic N) is 2. The lowest BCUT2D eigenvalue weighted by molar-refractivity contribution is -0.384. The summed E-state index contributed by atoms with van der Waals surface area (Å²) < 4.78 is 0. The molecule has 124 valence electrons. The molecule has 1 unspecified atom stereocenters. The quantitative estimate of drug-likeness (QED) is 0.157. The van der Waals surface area contributed by atoms with Gasteiger partial charge in [-0.3, -0.25) is 15.1 Å². The molecule has 0 amide bonds. The molecule has 0 aliphatic rings. The molecule has 8 heteroatoms. The Hall–Kier alpha value is -1.58. The lowest BCUT2D eigenvalue weighted by Gasteiger charge is -2.16. The van der Waals surface area contributed by atoms with Gasteiger partial charge in [-0.1, -0.05) is 19.1 Å². The van der Waals surface area contributed by atoms with E-state index in [1.165, 1.54) is 6.07 Å². The van der Waals surface area contributed by atoms with E-state index in [0.717, 1.165) is 12.4 Å². The van der Waals surface area contributed by atoms with Crippen molar-refractivity contribution in [2.45, 2.75) is 26.3 Å². The lowest BCUT2D eigenvalue weighted by atomic mass is 10.2. The number of halogens is 1. The molecule has 7 nitrogen and oxygen atoms in total. The van der Waals surface area contributed by atoms with Crippen molar-refractivity contribution in [3.05, 3.63) is 34.4 Å². The number of anilines is 1. The van der Waals surface area contributed by atoms with Gasteiger partial charge in [-0.25, -0.2) is 0 Å². The van der Waals surface area contributed by atoms with Crippen LogP contribution in [0.5, 0.6) is 0 Å². The number of nitrogens with one attached hydrogen (secondary N) is 3. The summed E-state index contributed by atoms with van der Waals surface area (Å²) in [6.07, 6.45) is 1.01. The molecule has 1 rings (SSSR count). The normalized spacial score (nSPS) is 12.0. The highest BCUT2D eigenvalue weighted by Crippen LogP contribution is 2.22. The highest BCUT2D eigenvalue weighted by Gasteiger charge is 2.11. The Bertz CT molecular complexity index is 496. The van der Waals surface area contributed by atoms with E-state index in [4.69, 9.17) is 0 Å². The molecule has 0 saturated carbocycles. The minimum Gasteiger partial charge on any atom is -0.378 e. The summed E-state index contributed by atoms with van der Waals surface area (Å²) in [5.41, 5.74) is 0.605. The molecule has 0 bridgehead atoms. The standard InChI is InChI=1S/C14H23N5O2.HI/c1-4-11(2)18-14(15-3)17-10-9-16-12-7-5-6-8-13(12)19(20)21;/h5-8,11,16H,4,9-10H2,1-3H3,(H2,15,17,18);1H. The molecule has 0 aliphatic carbocycles. The number of para-hydroxylation sites is 2. The highest BCUT2D eigenvalue weighted by atomic mass is 127. The molecule has 0 heterocycles. The molecular formula is C14H24IN5O2. The van der Waals surface area contributed by atoms with Crippen molar-refractivity contribution in [3.63, 3.8) is 0 Å². The van der Waals surface area contributed by atoms with Crippen LogP contribution in [0.3, 0.4) is 0 Å². The van der Waals surface area contributed by atoms with Gasteiger partial charge in [0.15, 0.2) is 5.96 Å². The van der Waals surface area contributed by atoms with E-state index in [2.05, 4.69) is 34.8 Å². The Balaban J connectivity index is 0.00000441. The first-order chi connectivity index (χ1) is 10.1. The molecule has 22 heavy (non-hydrogen) atoms. The molecular weight excluding hydrogens is 397 g/mol. The molecule has 0 fully saturated rings. The number of hydrogen-bond donors (Lipinski definition) is 3. The minimum absolute atomic E-state index is 0.